The minimum absolute atomic E-state index is 0.222. The smallest absolute Gasteiger partial charge is 0.276 e. The number of hydrogen-bond donors (Lipinski definition) is 1. The zero-order chi connectivity index (χ0) is 15.7. The second-order valence-electron chi connectivity index (χ2n) is 4.71. The Kier molecular flexibility index (Phi) is 4.04. The molecule has 2 aromatic rings. The van der Waals surface area contributed by atoms with E-state index in [1.807, 2.05) is 6.07 Å². The first-order valence-electron chi connectivity index (χ1n) is 6.56. The fraction of sp³-hybridized carbons (Fsp3) is 0.133. The molecule has 22 heavy (non-hydrogen) atoms. The van der Waals surface area contributed by atoms with Crippen LogP contribution in [0.2, 0.25) is 5.02 Å². The fourth-order valence-electron chi connectivity index (χ4n) is 2.21. The summed E-state index contributed by atoms with van der Waals surface area (Å²) in [5, 5.41) is 0.580. The van der Waals surface area contributed by atoms with E-state index in [1.165, 1.54) is 18.3 Å². The molecular weight excluding hydrogens is 322 g/mol. The SMILES string of the molecule is NC(=O)c1ccc(C(=O)N2CCSc3ccc(Cl)cc32)nc1. The average Bonchev–Trinajstić information content (AvgIpc) is 2.53. The van der Waals surface area contributed by atoms with Crippen molar-refractivity contribution in [2.45, 2.75) is 4.90 Å². The van der Waals surface area contributed by atoms with Crippen molar-refractivity contribution in [3.8, 4) is 0 Å². The molecule has 2 amide bonds. The molecule has 2 N–H and O–H groups in total. The normalized spacial score (nSPS) is 13.6. The zero-order valence-electron chi connectivity index (χ0n) is 11.5. The van der Waals surface area contributed by atoms with E-state index in [0.717, 1.165) is 16.3 Å². The molecule has 1 aliphatic rings. The summed E-state index contributed by atoms with van der Waals surface area (Å²) in [5.41, 5.74) is 6.50. The van der Waals surface area contributed by atoms with Gasteiger partial charge in [-0.25, -0.2) is 0 Å². The van der Waals surface area contributed by atoms with Gasteiger partial charge in [0.1, 0.15) is 5.69 Å². The molecule has 1 aromatic heterocycles. The van der Waals surface area contributed by atoms with Crippen molar-refractivity contribution in [1.29, 1.82) is 0 Å². The number of anilines is 1. The minimum atomic E-state index is -0.571. The quantitative estimate of drug-likeness (QED) is 0.916. The molecule has 5 nitrogen and oxygen atoms in total. The van der Waals surface area contributed by atoms with E-state index >= 15 is 0 Å². The van der Waals surface area contributed by atoms with Gasteiger partial charge in [-0.1, -0.05) is 11.6 Å². The molecule has 3 rings (SSSR count). The second kappa shape index (κ2) is 5.98. The summed E-state index contributed by atoms with van der Waals surface area (Å²) in [6.07, 6.45) is 1.31. The standard InChI is InChI=1S/C15H12ClN3O2S/c16-10-2-4-13-12(7-10)19(5-6-22-13)15(21)11-3-1-9(8-18-11)14(17)20/h1-4,7-8H,5-6H2,(H2,17,20). The summed E-state index contributed by atoms with van der Waals surface area (Å²) >= 11 is 7.72. The number of nitrogens with two attached hydrogens (primary N) is 1. The Labute approximate surface area is 136 Å². The molecule has 112 valence electrons. The monoisotopic (exact) mass is 333 g/mol. The third kappa shape index (κ3) is 2.80. The van der Waals surface area contributed by atoms with Crippen molar-refractivity contribution in [2.24, 2.45) is 5.73 Å². The van der Waals surface area contributed by atoms with Crippen LogP contribution < -0.4 is 10.6 Å². The van der Waals surface area contributed by atoms with Crippen molar-refractivity contribution in [2.75, 3.05) is 17.2 Å². The first-order chi connectivity index (χ1) is 10.6. The summed E-state index contributed by atoms with van der Waals surface area (Å²) in [6.45, 7) is 0.579. The van der Waals surface area contributed by atoms with Crippen LogP contribution in [0.1, 0.15) is 20.8 Å². The van der Waals surface area contributed by atoms with Gasteiger partial charge in [-0.05, 0) is 30.3 Å². The van der Waals surface area contributed by atoms with E-state index in [2.05, 4.69) is 4.98 Å². The molecule has 0 spiro atoms. The van der Waals surface area contributed by atoms with Crippen LogP contribution in [0, 0.1) is 0 Å². The lowest BCUT2D eigenvalue weighted by Crippen LogP contribution is -2.36. The van der Waals surface area contributed by atoms with Crippen molar-refractivity contribution in [3.63, 3.8) is 0 Å². The third-order valence-electron chi connectivity index (χ3n) is 3.30. The number of halogens is 1. The number of benzene rings is 1. The summed E-state index contributed by atoms with van der Waals surface area (Å²) in [6, 6.07) is 8.50. The van der Waals surface area contributed by atoms with Crippen LogP contribution >= 0.6 is 23.4 Å². The van der Waals surface area contributed by atoms with Gasteiger partial charge in [0.05, 0.1) is 11.3 Å². The maximum absolute atomic E-state index is 12.6. The minimum Gasteiger partial charge on any atom is -0.366 e. The van der Waals surface area contributed by atoms with Gasteiger partial charge in [-0.15, -0.1) is 11.8 Å². The molecule has 1 aromatic carbocycles. The number of amides is 2. The Morgan fingerprint density at radius 1 is 1.27 bits per heavy atom. The lowest BCUT2D eigenvalue weighted by Gasteiger charge is -2.28. The summed E-state index contributed by atoms with van der Waals surface area (Å²) in [5.74, 6) is 0.0116. The number of aromatic nitrogens is 1. The van der Waals surface area contributed by atoms with Gasteiger partial charge in [0.25, 0.3) is 5.91 Å². The number of pyridine rings is 1. The Balaban J connectivity index is 1.93. The number of primary amides is 1. The Bertz CT molecular complexity index is 749. The molecule has 1 aliphatic heterocycles. The lowest BCUT2D eigenvalue weighted by atomic mass is 10.2. The second-order valence-corrected chi connectivity index (χ2v) is 6.29. The maximum Gasteiger partial charge on any atom is 0.276 e. The number of carbonyl (C=O) groups is 2. The van der Waals surface area contributed by atoms with Crippen LogP contribution in [-0.2, 0) is 0 Å². The average molecular weight is 334 g/mol. The molecular formula is C15H12ClN3O2S. The van der Waals surface area contributed by atoms with E-state index in [1.54, 1.807) is 28.8 Å². The highest BCUT2D eigenvalue weighted by Gasteiger charge is 2.25. The first kappa shape index (κ1) is 14.9. The van der Waals surface area contributed by atoms with Crippen LogP contribution in [0.4, 0.5) is 5.69 Å². The Morgan fingerprint density at radius 3 is 2.77 bits per heavy atom. The van der Waals surface area contributed by atoms with E-state index in [-0.39, 0.29) is 17.2 Å². The zero-order valence-corrected chi connectivity index (χ0v) is 13.0. The summed E-state index contributed by atoms with van der Waals surface area (Å²) in [7, 11) is 0. The summed E-state index contributed by atoms with van der Waals surface area (Å²) < 4.78 is 0. The van der Waals surface area contributed by atoms with Crippen molar-refractivity contribution >= 4 is 40.9 Å². The number of carbonyl (C=O) groups excluding carboxylic acids is 2. The van der Waals surface area contributed by atoms with E-state index in [0.29, 0.717) is 11.6 Å². The maximum atomic E-state index is 12.6. The molecule has 0 saturated carbocycles. The van der Waals surface area contributed by atoms with Crippen molar-refractivity contribution in [1.82, 2.24) is 4.98 Å². The van der Waals surface area contributed by atoms with Gasteiger partial charge in [0.15, 0.2) is 0 Å². The predicted molar refractivity (Wildman–Crippen MR) is 86.6 cm³/mol. The highest BCUT2D eigenvalue weighted by atomic mass is 35.5. The number of thioether (sulfide) groups is 1. The molecule has 0 fully saturated rings. The topological polar surface area (TPSA) is 76.3 Å². The number of hydrogen-bond acceptors (Lipinski definition) is 4. The highest BCUT2D eigenvalue weighted by Crippen LogP contribution is 2.37. The molecule has 0 radical (unpaired) electrons. The fourth-order valence-corrected chi connectivity index (χ4v) is 3.35. The van der Waals surface area contributed by atoms with Crippen LogP contribution in [0.25, 0.3) is 0 Å². The van der Waals surface area contributed by atoms with Gasteiger partial charge < -0.3 is 10.6 Å². The molecule has 0 saturated heterocycles. The van der Waals surface area contributed by atoms with E-state index < -0.39 is 5.91 Å². The molecule has 0 unspecified atom stereocenters. The van der Waals surface area contributed by atoms with E-state index in [4.69, 9.17) is 17.3 Å². The van der Waals surface area contributed by atoms with Crippen LogP contribution in [0.5, 0.6) is 0 Å². The van der Waals surface area contributed by atoms with Gasteiger partial charge in [-0.2, -0.15) is 0 Å². The van der Waals surface area contributed by atoms with Crippen LogP contribution in [0.15, 0.2) is 41.4 Å². The number of nitrogens with zero attached hydrogens (tertiary/aromatic N) is 2. The molecule has 0 aliphatic carbocycles. The predicted octanol–water partition coefficient (Wildman–Crippen LogP) is 2.59. The molecule has 7 heteroatoms. The third-order valence-corrected chi connectivity index (χ3v) is 4.57. The summed E-state index contributed by atoms with van der Waals surface area (Å²) in [4.78, 5) is 30.4. The van der Waals surface area contributed by atoms with Gasteiger partial charge in [-0.3, -0.25) is 14.6 Å². The Morgan fingerprint density at radius 2 is 2.09 bits per heavy atom. The van der Waals surface area contributed by atoms with Gasteiger partial charge in [0.2, 0.25) is 5.91 Å². The molecule has 2 heterocycles. The van der Waals surface area contributed by atoms with E-state index in [9.17, 15) is 9.59 Å². The van der Waals surface area contributed by atoms with Crippen LogP contribution in [-0.4, -0.2) is 29.1 Å². The molecule has 0 atom stereocenters. The van der Waals surface area contributed by atoms with Crippen molar-refractivity contribution < 1.29 is 9.59 Å². The van der Waals surface area contributed by atoms with Crippen molar-refractivity contribution in [3.05, 3.63) is 52.8 Å². The molecule has 0 bridgehead atoms. The lowest BCUT2D eigenvalue weighted by molar-refractivity contribution is 0.0976. The van der Waals surface area contributed by atoms with Crippen LogP contribution in [0.3, 0.4) is 0 Å². The van der Waals surface area contributed by atoms with Gasteiger partial charge in [0, 0.05) is 28.4 Å². The first-order valence-corrected chi connectivity index (χ1v) is 7.92. The highest BCUT2D eigenvalue weighted by molar-refractivity contribution is 7.99. The number of rotatable bonds is 2. The Hall–Kier alpha value is -2.05. The largest absolute Gasteiger partial charge is 0.366 e. The van der Waals surface area contributed by atoms with Gasteiger partial charge >= 0.3 is 0 Å². The number of fused-ring (bicyclic) bond motifs is 1.